The Morgan fingerprint density at radius 1 is 1.17 bits per heavy atom. The smallest absolute Gasteiger partial charge is 0.409 e. The number of carbonyl (C=O) groups excluding carboxylic acids is 1. The molecule has 6 nitrogen and oxygen atoms in total. The number of rotatable bonds is 11. The summed E-state index contributed by atoms with van der Waals surface area (Å²) < 4.78 is 5.29. The molecule has 0 fully saturated rings. The van der Waals surface area contributed by atoms with Crippen LogP contribution in [0.5, 0.6) is 0 Å². The van der Waals surface area contributed by atoms with E-state index in [1.165, 1.54) is 9.80 Å². The maximum Gasteiger partial charge on any atom is 0.409 e. The van der Waals surface area contributed by atoms with Gasteiger partial charge in [0.05, 0.1) is 6.61 Å². The molecule has 0 aromatic heterocycles. The van der Waals surface area contributed by atoms with E-state index < -0.39 is 14.2 Å². The van der Waals surface area contributed by atoms with Crippen LogP contribution in [0.3, 0.4) is 0 Å². The minimum atomic E-state index is -1.23. The molecule has 0 saturated carbocycles. The maximum absolute atomic E-state index is 12.0. The molecule has 0 heterocycles. The number of nitrogens with zero attached hydrogens (tertiary/aromatic N) is 2. The molecule has 1 N–H and O–H groups in total. The molecule has 0 aromatic carbocycles. The molecule has 0 radical (unpaired) electrons. The number of hydrogen-bond acceptors (Lipinski definition) is 3. The Morgan fingerprint density at radius 3 is 2.29 bits per heavy atom. The topological polar surface area (TPSA) is 70.1 Å². The number of carbonyl (C=O) groups is 2. The van der Waals surface area contributed by atoms with Gasteiger partial charge in [-0.3, -0.25) is 0 Å². The van der Waals surface area contributed by atoms with Crippen LogP contribution >= 0.6 is 0 Å². The van der Waals surface area contributed by atoms with Crippen molar-refractivity contribution in [1.82, 2.24) is 9.80 Å². The molecule has 0 aromatic rings. The highest BCUT2D eigenvalue weighted by Gasteiger charge is 2.23. The Balaban J connectivity index is 4.33. The second-order valence-corrected chi connectivity index (χ2v) is 13.3. The van der Waals surface area contributed by atoms with Gasteiger partial charge < -0.3 is 19.6 Å². The van der Waals surface area contributed by atoms with E-state index in [0.717, 1.165) is 31.7 Å². The summed E-state index contributed by atoms with van der Waals surface area (Å²) in [4.78, 5) is 26.3. The lowest BCUT2D eigenvalue weighted by Crippen LogP contribution is -2.46. The number of unbranched alkanes of at least 4 members (excludes halogenated alkanes) is 3. The summed E-state index contributed by atoms with van der Waals surface area (Å²) in [6, 6.07) is 0.680. The molecule has 0 bridgehead atoms. The van der Waals surface area contributed by atoms with Crippen LogP contribution in [-0.2, 0) is 4.74 Å². The van der Waals surface area contributed by atoms with Crippen molar-refractivity contribution in [2.24, 2.45) is 0 Å². The Bertz CT molecular complexity index is 385. The standard InChI is InChI=1S/C17H36N2O4Si/c1-7-8-9-10-11-19(16(20)21)15(2)14-18(3)17(22)23-12-13-24(4,5)6/h15H,7-14H2,1-6H3,(H,20,21). The van der Waals surface area contributed by atoms with Gasteiger partial charge in [0.15, 0.2) is 0 Å². The molecule has 0 spiro atoms. The van der Waals surface area contributed by atoms with Gasteiger partial charge in [-0.05, 0) is 19.4 Å². The monoisotopic (exact) mass is 360 g/mol. The second-order valence-electron chi connectivity index (χ2n) is 7.69. The molecule has 0 aliphatic rings. The molecule has 2 amide bonds. The average Bonchev–Trinajstić information content (AvgIpc) is 2.45. The molecule has 0 aliphatic heterocycles. The highest BCUT2D eigenvalue weighted by molar-refractivity contribution is 6.76. The van der Waals surface area contributed by atoms with Gasteiger partial charge in [-0.1, -0.05) is 45.8 Å². The molecule has 24 heavy (non-hydrogen) atoms. The summed E-state index contributed by atoms with van der Waals surface area (Å²) in [6.45, 7) is 11.9. The summed E-state index contributed by atoms with van der Waals surface area (Å²) in [5.41, 5.74) is 0. The lowest BCUT2D eigenvalue weighted by molar-refractivity contribution is 0.0924. The first-order chi connectivity index (χ1) is 11.1. The fourth-order valence-electron chi connectivity index (χ4n) is 2.34. The normalized spacial score (nSPS) is 12.6. The highest BCUT2D eigenvalue weighted by Crippen LogP contribution is 2.10. The first kappa shape index (κ1) is 22.8. The predicted octanol–water partition coefficient (Wildman–Crippen LogP) is 4.34. The zero-order valence-corrected chi connectivity index (χ0v) is 17.3. The molecular formula is C17H36N2O4Si. The van der Waals surface area contributed by atoms with Crippen molar-refractivity contribution >= 4 is 20.3 Å². The molecule has 142 valence electrons. The summed E-state index contributed by atoms with van der Waals surface area (Å²) in [5, 5.41) is 9.38. The number of hydrogen-bond donors (Lipinski definition) is 1. The summed E-state index contributed by atoms with van der Waals surface area (Å²) in [5.74, 6) is 0. The highest BCUT2D eigenvalue weighted by atomic mass is 28.3. The van der Waals surface area contributed by atoms with Crippen LogP contribution in [0, 0.1) is 0 Å². The Labute approximate surface area is 148 Å². The molecule has 1 unspecified atom stereocenters. The third kappa shape index (κ3) is 10.5. The van der Waals surface area contributed by atoms with Crippen molar-refractivity contribution in [3.8, 4) is 0 Å². The van der Waals surface area contributed by atoms with E-state index in [9.17, 15) is 14.7 Å². The van der Waals surface area contributed by atoms with Crippen molar-refractivity contribution in [1.29, 1.82) is 0 Å². The summed E-state index contributed by atoms with van der Waals surface area (Å²) in [6.07, 6.45) is 2.81. The van der Waals surface area contributed by atoms with Gasteiger partial charge in [0, 0.05) is 34.3 Å². The molecular weight excluding hydrogens is 324 g/mol. The zero-order chi connectivity index (χ0) is 18.8. The van der Waals surface area contributed by atoms with E-state index in [0.29, 0.717) is 19.7 Å². The van der Waals surface area contributed by atoms with E-state index in [1.807, 2.05) is 6.92 Å². The van der Waals surface area contributed by atoms with Gasteiger partial charge in [0.2, 0.25) is 0 Å². The first-order valence-corrected chi connectivity index (χ1v) is 12.7. The molecule has 7 heteroatoms. The van der Waals surface area contributed by atoms with E-state index in [-0.39, 0.29) is 12.1 Å². The van der Waals surface area contributed by atoms with Crippen molar-refractivity contribution in [3.63, 3.8) is 0 Å². The third-order valence-corrected chi connectivity index (χ3v) is 5.66. The zero-order valence-electron chi connectivity index (χ0n) is 16.3. The fraction of sp³-hybridized carbons (Fsp3) is 0.882. The Hall–Kier alpha value is -1.24. The Kier molecular flexibility index (Phi) is 10.7. The second kappa shape index (κ2) is 11.3. The molecule has 0 saturated heterocycles. The predicted molar refractivity (Wildman–Crippen MR) is 100 cm³/mol. The van der Waals surface area contributed by atoms with Crippen molar-refractivity contribution in [2.45, 2.75) is 71.3 Å². The molecule has 0 aliphatic carbocycles. The van der Waals surface area contributed by atoms with Gasteiger partial charge >= 0.3 is 12.2 Å². The Morgan fingerprint density at radius 2 is 1.79 bits per heavy atom. The van der Waals surface area contributed by atoms with Gasteiger partial charge in [-0.15, -0.1) is 0 Å². The van der Waals surface area contributed by atoms with Gasteiger partial charge in [-0.25, -0.2) is 9.59 Å². The minimum Gasteiger partial charge on any atom is -0.465 e. The van der Waals surface area contributed by atoms with E-state index in [2.05, 4.69) is 26.6 Å². The minimum absolute atomic E-state index is 0.251. The van der Waals surface area contributed by atoms with Crippen LogP contribution in [0.2, 0.25) is 25.7 Å². The van der Waals surface area contributed by atoms with Crippen LogP contribution in [0.4, 0.5) is 9.59 Å². The van der Waals surface area contributed by atoms with Crippen molar-refractivity contribution < 1.29 is 19.4 Å². The average molecular weight is 361 g/mol. The van der Waals surface area contributed by atoms with Crippen LogP contribution in [0.15, 0.2) is 0 Å². The van der Waals surface area contributed by atoms with Crippen LogP contribution in [0.1, 0.15) is 39.5 Å². The first-order valence-electron chi connectivity index (χ1n) is 8.96. The van der Waals surface area contributed by atoms with Crippen molar-refractivity contribution in [3.05, 3.63) is 0 Å². The molecule has 0 rings (SSSR count). The van der Waals surface area contributed by atoms with Gasteiger partial charge in [-0.2, -0.15) is 0 Å². The van der Waals surface area contributed by atoms with Crippen LogP contribution in [-0.4, -0.2) is 68.0 Å². The SMILES string of the molecule is CCCCCCN(C(=O)O)C(C)CN(C)C(=O)OCC[Si](C)(C)C. The molecule has 1 atom stereocenters. The lowest BCUT2D eigenvalue weighted by atomic mass is 10.2. The van der Waals surface area contributed by atoms with Gasteiger partial charge in [0.1, 0.15) is 0 Å². The largest absolute Gasteiger partial charge is 0.465 e. The van der Waals surface area contributed by atoms with E-state index in [1.54, 1.807) is 7.05 Å². The van der Waals surface area contributed by atoms with Gasteiger partial charge in [0.25, 0.3) is 0 Å². The third-order valence-electron chi connectivity index (χ3n) is 3.96. The fourth-order valence-corrected chi connectivity index (χ4v) is 3.05. The number of ether oxygens (including phenoxy) is 1. The van der Waals surface area contributed by atoms with Crippen LogP contribution in [0.25, 0.3) is 0 Å². The summed E-state index contributed by atoms with van der Waals surface area (Å²) >= 11 is 0. The van der Waals surface area contributed by atoms with E-state index in [4.69, 9.17) is 4.74 Å². The quantitative estimate of drug-likeness (QED) is 0.439. The maximum atomic E-state index is 12.0. The van der Waals surface area contributed by atoms with Crippen LogP contribution < -0.4 is 0 Å². The number of likely N-dealkylation sites (N-methyl/N-ethyl adjacent to an activating group) is 1. The number of amides is 2. The number of carboxylic acid groups (broad SMARTS) is 1. The van der Waals surface area contributed by atoms with Crippen molar-refractivity contribution in [2.75, 3.05) is 26.7 Å². The lowest BCUT2D eigenvalue weighted by Gasteiger charge is -2.30. The summed E-state index contributed by atoms with van der Waals surface area (Å²) in [7, 11) is 0.430. The van der Waals surface area contributed by atoms with E-state index >= 15 is 0 Å².